The molecule has 8 heteroatoms. The average Bonchev–Trinajstić information content (AvgIpc) is 2.93. The minimum Gasteiger partial charge on any atom is -0.381 e. The Labute approximate surface area is 131 Å². The molecule has 2 aromatic rings. The molecule has 1 heterocycles. The summed E-state index contributed by atoms with van der Waals surface area (Å²) in [6.45, 7) is -0.221. The van der Waals surface area contributed by atoms with Crippen molar-refractivity contribution in [3.8, 4) is 0 Å². The quantitative estimate of drug-likeness (QED) is 0.713. The Morgan fingerprint density at radius 1 is 1.45 bits per heavy atom. The highest BCUT2D eigenvalue weighted by molar-refractivity contribution is 6.31. The molecule has 0 aliphatic rings. The number of nitrogens with zero attached hydrogens (tertiary/aromatic N) is 1. The van der Waals surface area contributed by atoms with Gasteiger partial charge in [0.25, 0.3) is 11.8 Å². The van der Waals surface area contributed by atoms with Gasteiger partial charge in [0, 0.05) is 23.0 Å². The first-order valence-electron chi connectivity index (χ1n) is 6.48. The summed E-state index contributed by atoms with van der Waals surface area (Å²) in [6.07, 6.45) is -1.38. The number of amides is 2. The number of fused-ring (bicyclic) bond motifs is 1. The molecular formula is C14H16ClN3O4. The van der Waals surface area contributed by atoms with E-state index in [1.807, 2.05) is 0 Å². The minimum absolute atomic E-state index is 0.221. The van der Waals surface area contributed by atoms with Crippen molar-refractivity contribution in [2.45, 2.75) is 6.10 Å². The Kier molecular flexibility index (Phi) is 5.02. The third kappa shape index (κ3) is 3.56. The highest BCUT2D eigenvalue weighted by atomic mass is 35.5. The van der Waals surface area contributed by atoms with Crippen LogP contribution in [0, 0.1) is 0 Å². The molecular weight excluding hydrogens is 310 g/mol. The maximum absolute atomic E-state index is 12.0. The molecule has 0 radical (unpaired) electrons. The number of hydroxylamine groups is 2. The van der Waals surface area contributed by atoms with Crippen molar-refractivity contribution in [1.29, 1.82) is 0 Å². The van der Waals surface area contributed by atoms with E-state index in [0.29, 0.717) is 10.7 Å². The SMILES string of the molecule is CON(C)C(=O)C(O)CNC(=O)c1cc2cc(Cl)ccc2[nH]1. The van der Waals surface area contributed by atoms with Gasteiger partial charge in [-0.15, -0.1) is 0 Å². The third-order valence-electron chi connectivity index (χ3n) is 3.15. The van der Waals surface area contributed by atoms with Gasteiger partial charge in [-0.05, 0) is 24.3 Å². The maximum Gasteiger partial charge on any atom is 0.276 e. The van der Waals surface area contributed by atoms with Crippen LogP contribution in [0.4, 0.5) is 0 Å². The summed E-state index contributed by atoms with van der Waals surface area (Å²) in [7, 11) is 2.67. The zero-order chi connectivity index (χ0) is 16.3. The fraction of sp³-hybridized carbons (Fsp3) is 0.286. The van der Waals surface area contributed by atoms with Gasteiger partial charge in [-0.2, -0.15) is 0 Å². The summed E-state index contributed by atoms with van der Waals surface area (Å²) in [5.41, 5.74) is 1.09. The number of aromatic nitrogens is 1. The Bertz CT molecular complexity index is 700. The first-order valence-corrected chi connectivity index (χ1v) is 6.86. The monoisotopic (exact) mass is 325 g/mol. The van der Waals surface area contributed by atoms with Crippen LogP contribution in [0.3, 0.4) is 0 Å². The minimum atomic E-state index is -1.38. The number of H-pyrrole nitrogens is 1. The lowest BCUT2D eigenvalue weighted by Crippen LogP contribution is -2.43. The Morgan fingerprint density at radius 3 is 2.86 bits per heavy atom. The van der Waals surface area contributed by atoms with Gasteiger partial charge in [0.05, 0.1) is 13.7 Å². The van der Waals surface area contributed by atoms with Gasteiger partial charge >= 0.3 is 0 Å². The molecule has 1 unspecified atom stereocenters. The molecule has 1 atom stereocenters. The van der Waals surface area contributed by atoms with Gasteiger partial charge in [-0.1, -0.05) is 11.6 Å². The van der Waals surface area contributed by atoms with E-state index in [1.54, 1.807) is 24.3 Å². The van der Waals surface area contributed by atoms with Crippen molar-refractivity contribution in [2.75, 3.05) is 20.7 Å². The number of hydrogen-bond donors (Lipinski definition) is 3. The lowest BCUT2D eigenvalue weighted by Gasteiger charge is -2.17. The molecule has 0 bridgehead atoms. The predicted molar refractivity (Wildman–Crippen MR) is 81.4 cm³/mol. The lowest BCUT2D eigenvalue weighted by atomic mass is 10.2. The fourth-order valence-electron chi connectivity index (χ4n) is 1.90. The number of rotatable bonds is 5. The van der Waals surface area contributed by atoms with Crippen LogP contribution in [0.25, 0.3) is 10.9 Å². The number of aliphatic hydroxyl groups is 1. The second-order valence-corrected chi connectivity index (χ2v) is 5.10. The van der Waals surface area contributed by atoms with Crippen molar-refractivity contribution in [3.05, 3.63) is 35.0 Å². The normalized spacial score (nSPS) is 12.2. The molecule has 0 spiro atoms. The van der Waals surface area contributed by atoms with E-state index in [0.717, 1.165) is 16.0 Å². The average molecular weight is 326 g/mol. The number of hydrogen-bond acceptors (Lipinski definition) is 4. The van der Waals surface area contributed by atoms with Gasteiger partial charge in [0.2, 0.25) is 0 Å². The second kappa shape index (κ2) is 6.78. The molecule has 0 aliphatic heterocycles. The van der Waals surface area contributed by atoms with Crippen LogP contribution in [-0.4, -0.2) is 53.8 Å². The summed E-state index contributed by atoms with van der Waals surface area (Å²) >= 11 is 5.89. The maximum atomic E-state index is 12.0. The number of aromatic amines is 1. The van der Waals surface area contributed by atoms with E-state index >= 15 is 0 Å². The molecule has 3 N–H and O–H groups in total. The number of aliphatic hydroxyl groups excluding tert-OH is 1. The van der Waals surface area contributed by atoms with E-state index in [9.17, 15) is 14.7 Å². The van der Waals surface area contributed by atoms with Gasteiger partial charge in [0.1, 0.15) is 5.69 Å². The molecule has 1 aromatic carbocycles. The Balaban J connectivity index is 2.00. The number of benzene rings is 1. The molecule has 118 valence electrons. The number of carbonyl (C=O) groups excluding carboxylic acids is 2. The van der Waals surface area contributed by atoms with Crippen LogP contribution >= 0.6 is 11.6 Å². The van der Waals surface area contributed by atoms with E-state index < -0.39 is 17.9 Å². The highest BCUT2D eigenvalue weighted by Gasteiger charge is 2.20. The van der Waals surface area contributed by atoms with E-state index in [2.05, 4.69) is 15.1 Å². The van der Waals surface area contributed by atoms with E-state index in [1.165, 1.54) is 14.2 Å². The first kappa shape index (κ1) is 16.3. The number of likely N-dealkylation sites (N-methyl/N-ethyl adjacent to an activating group) is 1. The lowest BCUT2D eigenvalue weighted by molar-refractivity contribution is -0.177. The zero-order valence-electron chi connectivity index (χ0n) is 12.1. The number of carbonyl (C=O) groups is 2. The zero-order valence-corrected chi connectivity index (χ0v) is 12.8. The molecule has 1 aromatic heterocycles. The molecule has 7 nitrogen and oxygen atoms in total. The summed E-state index contributed by atoms with van der Waals surface area (Å²) in [4.78, 5) is 31.2. The Morgan fingerprint density at radius 2 is 2.18 bits per heavy atom. The highest BCUT2D eigenvalue weighted by Crippen LogP contribution is 2.19. The van der Waals surface area contributed by atoms with Crippen LogP contribution in [0.15, 0.2) is 24.3 Å². The van der Waals surface area contributed by atoms with Crippen molar-refractivity contribution < 1.29 is 19.5 Å². The summed E-state index contributed by atoms with van der Waals surface area (Å²) in [5, 5.41) is 14.4. The van der Waals surface area contributed by atoms with Gasteiger partial charge < -0.3 is 15.4 Å². The van der Waals surface area contributed by atoms with Crippen molar-refractivity contribution in [1.82, 2.24) is 15.4 Å². The molecule has 0 saturated heterocycles. The molecule has 0 aliphatic carbocycles. The topological polar surface area (TPSA) is 94.7 Å². The number of halogens is 1. The summed E-state index contributed by atoms with van der Waals surface area (Å²) in [6, 6.07) is 6.85. The second-order valence-electron chi connectivity index (χ2n) is 4.66. The molecule has 22 heavy (non-hydrogen) atoms. The first-order chi connectivity index (χ1) is 10.4. The summed E-state index contributed by atoms with van der Waals surface area (Å²) in [5.74, 6) is -1.08. The predicted octanol–water partition coefficient (Wildman–Crippen LogP) is 0.932. The van der Waals surface area contributed by atoms with Crippen LogP contribution in [0.1, 0.15) is 10.5 Å². The van der Waals surface area contributed by atoms with Crippen molar-refractivity contribution in [2.24, 2.45) is 0 Å². The molecule has 2 amide bonds. The standard InChI is InChI=1S/C14H16ClN3O4/c1-18(22-2)14(21)12(19)7-16-13(20)11-6-8-5-9(15)3-4-10(8)17-11/h3-6,12,17,19H,7H2,1-2H3,(H,16,20). The van der Waals surface area contributed by atoms with Crippen LogP contribution in [0.2, 0.25) is 5.02 Å². The molecule has 0 saturated carbocycles. The fourth-order valence-corrected chi connectivity index (χ4v) is 2.08. The van der Waals surface area contributed by atoms with Crippen LogP contribution in [0.5, 0.6) is 0 Å². The number of nitrogens with one attached hydrogen (secondary N) is 2. The van der Waals surface area contributed by atoms with Gasteiger partial charge in [-0.25, -0.2) is 5.06 Å². The van der Waals surface area contributed by atoms with E-state index in [4.69, 9.17) is 11.6 Å². The van der Waals surface area contributed by atoms with Crippen molar-refractivity contribution >= 4 is 34.3 Å². The Hall–Kier alpha value is -2.09. The van der Waals surface area contributed by atoms with Crippen molar-refractivity contribution in [3.63, 3.8) is 0 Å². The van der Waals surface area contributed by atoms with Crippen LogP contribution < -0.4 is 5.32 Å². The van der Waals surface area contributed by atoms with Gasteiger partial charge in [-0.3, -0.25) is 14.4 Å². The van der Waals surface area contributed by atoms with Crippen LogP contribution in [-0.2, 0) is 9.63 Å². The smallest absolute Gasteiger partial charge is 0.276 e. The summed E-state index contributed by atoms with van der Waals surface area (Å²) < 4.78 is 0. The molecule has 2 rings (SSSR count). The largest absolute Gasteiger partial charge is 0.381 e. The third-order valence-corrected chi connectivity index (χ3v) is 3.39. The van der Waals surface area contributed by atoms with E-state index in [-0.39, 0.29) is 6.54 Å². The molecule has 0 fully saturated rings. The van der Waals surface area contributed by atoms with Gasteiger partial charge in [0.15, 0.2) is 6.10 Å².